The van der Waals surface area contributed by atoms with Crippen molar-refractivity contribution in [2.24, 2.45) is 5.10 Å². The molecule has 0 aliphatic rings. The summed E-state index contributed by atoms with van der Waals surface area (Å²) >= 11 is 0. The van der Waals surface area contributed by atoms with Crippen LogP contribution < -0.4 is 5.43 Å². The van der Waals surface area contributed by atoms with Crippen LogP contribution in [0.1, 0.15) is 5.56 Å². The van der Waals surface area contributed by atoms with Gasteiger partial charge in [0.25, 0.3) is 0 Å². The number of aromatic nitrogens is 2. The van der Waals surface area contributed by atoms with Gasteiger partial charge in [0.2, 0.25) is 0 Å². The molecule has 4 nitrogen and oxygen atoms in total. The maximum atomic E-state index is 4.66. The third-order valence-corrected chi connectivity index (χ3v) is 4.31. The molecule has 0 aliphatic heterocycles. The summed E-state index contributed by atoms with van der Waals surface area (Å²) in [5.41, 5.74) is 8.53. The number of nitrogens with zero attached hydrogens (tertiary/aromatic N) is 3. The Kier molecular flexibility index (Phi) is 5.07. The molecule has 0 saturated carbocycles. The second-order valence-corrected chi connectivity index (χ2v) is 6.21. The zero-order valence-electron chi connectivity index (χ0n) is 14.9. The normalized spacial score (nSPS) is 11.3. The van der Waals surface area contributed by atoms with Gasteiger partial charge in [-0.05, 0) is 28.8 Å². The van der Waals surface area contributed by atoms with Crippen LogP contribution in [0.15, 0.2) is 109 Å². The molecule has 0 radical (unpaired) electrons. The van der Waals surface area contributed by atoms with Crippen LogP contribution in [0, 0.1) is 0 Å². The standard InChI is InChI=1S/C23H20N4/c1-3-7-19(8-4-1)20-11-13-21(14-12-20)23(17-27-16-15-24-18-27)26-25-22-9-5-2-6-10-22/h1-16,18,25H,17H2/b26-23+. The van der Waals surface area contributed by atoms with E-state index in [4.69, 9.17) is 0 Å². The van der Waals surface area contributed by atoms with Crippen LogP contribution >= 0.6 is 0 Å². The first kappa shape index (κ1) is 16.8. The Morgan fingerprint density at radius 3 is 2.15 bits per heavy atom. The summed E-state index contributed by atoms with van der Waals surface area (Å²) in [7, 11) is 0. The number of anilines is 1. The van der Waals surface area contributed by atoms with Crippen LogP contribution in [0.2, 0.25) is 0 Å². The topological polar surface area (TPSA) is 42.2 Å². The van der Waals surface area contributed by atoms with Crippen LogP contribution in [0.5, 0.6) is 0 Å². The molecule has 1 heterocycles. The molecule has 0 saturated heterocycles. The van der Waals surface area contributed by atoms with Gasteiger partial charge in [-0.1, -0.05) is 72.8 Å². The monoisotopic (exact) mass is 352 g/mol. The van der Waals surface area contributed by atoms with Gasteiger partial charge in [-0.15, -0.1) is 0 Å². The minimum atomic E-state index is 0.643. The molecule has 1 aromatic heterocycles. The number of imidazole rings is 1. The van der Waals surface area contributed by atoms with Crippen molar-refractivity contribution in [3.05, 3.63) is 109 Å². The highest BCUT2D eigenvalue weighted by Gasteiger charge is 2.06. The molecule has 0 bridgehead atoms. The number of hydrazone groups is 1. The molecule has 4 heteroatoms. The number of hydrogen-bond acceptors (Lipinski definition) is 3. The minimum absolute atomic E-state index is 0.643. The highest BCUT2D eigenvalue weighted by atomic mass is 15.3. The summed E-state index contributed by atoms with van der Waals surface area (Å²) < 4.78 is 2.01. The van der Waals surface area contributed by atoms with Crippen LogP contribution in [-0.4, -0.2) is 15.3 Å². The Morgan fingerprint density at radius 1 is 0.815 bits per heavy atom. The summed E-state index contributed by atoms with van der Waals surface area (Å²) in [6.45, 7) is 0.643. The van der Waals surface area contributed by atoms with Gasteiger partial charge in [-0.25, -0.2) is 4.98 Å². The maximum Gasteiger partial charge on any atom is 0.0949 e. The molecule has 1 N–H and O–H groups in total. The van der Waals surface area contributed by atoms with Gasteiger partial charge in [-0.2, -0.15) is 5.10 Å². The van der Waals surface area contributed by atoms with Gasteiger partial charge in [0, 0.05) is 12.4 Å². The second-order valence-electron chi connectivity index (χ2n) is 6.21. The van der Waals surface area contributed by atoms with E-state index in [9.17, 15) is 0 Å². The van der Waals surface area contributed by atoms with Crippen molar-refractivity contribution in [2.45, 2.75) is 6.54 Å². The largest absolute Gasteiger partial charge is 0.331 e. The van der Waals surface area contributed by atoms with Gasteiger partial charge in [-0.3, -0.25) is 5.43 Å². The van der Waals surface area contributed by atoms with Crippen LogP contribution in [0.4, 0.5) is 5.69 Å². The van der Waals surface area contributed by atoms with Gasteiger partial charge in [0.05, 0.1) is 24.3 Å². The van der Waals surface area contributed by atoms with Gasteiger partial charge in [0.1, 0.15) is 0 Å². The molecule has 0 fully saturated rings. The van der Waals surface area contributed by atoms with Crippen molar-refractivity contribution in [2.75, 3.05) is 5.43 Å². The molecule has 4 aromatic rings. The van der Waals surface area contributed by atoms with Crippen LogP contribution in [-0.2, 0) is 6.54 Å². The fraction of sp³-hybridized carbons (Fsp3) is 0.0435. The summed E-state index contributed by atoms with van der Waals surface area (Å²) in [6, 6.07) is 28.8. The van der Waals surface area contributed by atoms with Crippen molar-refractivity contribution in [1.82, 2.24) is 9.55 Å². The van der Waals surface area contributed by atoms with Gasteiger partial charge >= 0.3 is 0 Å². The van der Waals surface area contributed by atoms with E-state index in [2.05, 4.69) is 64.0 Å². The predicted octanol–water partition coefficient (Wildman–Crippen LogP) is 5.07. The fourth-order valence-electron chi connectivity index (χ4n) is 2.87. The van der Waals surface area contributed by atoms with Crippen molar-refractivity contribution in [1.29, 1.82) is 0 Å². The first-order valence-corrected chi connectivity index (χ1v) is 8.88. The predicted molar refractivity (Wildman–Crippen MR) is 111 cm³/mol. The van der Waals surface area contributed by atoms with E-state index in [0.29, 0.717) is 6.54 Å². The Hall–Kier alpha value is -3.66. The minimum Gasteiger partial charge on any atom is -0.331 e. The average molecular weight is 352 g/mol. The molecule has 4 rings (SSSR count). The molecule has 0 amide bonds. The van der Waals surface area contributed by atoms with Crippen molar-refractivity contribution >= 4 is 11.4 Å². The lowest BCUT2D eigenvalue weighted by molar-refractivity contribution is 0.848. The molecule has 132 valence electrons. The van der Waals surface area contributed by atoms with E-state index in [-0.39, 0.29) is 0 Å². The molecule has 27 heavy (non-hydrogen) atoms. The lowest BCUT2D eigenvalue weighted by Crippen LogP contribution is -2.12. The van der Waals surface area contributed by atoms with E-state index in [1.54, 1.807) is 12.5 Å². The highest BCUT2D eigenvalue weighted by Crippen LogP contribution is 2.20. The van der Waals surface area contributed by atoms with Crippen molar-refractivity contribution in [3.63, 3.8) is 0 Å². The fourth-order valence-corrected chi connectivity index (χ4v) is 2.87. The number of para-hydroxylation sites is 1. The van der Waals surface area contributed by atoms with Crippen LogP contribution in [0.25, 0.3) is 11.1 Å². The summed E-state index contributed by atoms with van der Waals surface area (Å²) in [5.74, 6) is 0. The molecule has 0 spiro atoms. The van der Waals surface area contributed by atoms with Gasteiger partial charge < -0.3 is 4.57 Å². The van der Waals surface area contributed by atoms with E-state index >= 15 is 0 Å². The zero-order valence-corrected chi connectivity index (χ0v) is 14.9. The molecule has 0 aliphatic carbocycles. The maximum absolute atomic E-state index is 4.66. The molecule has 0 unspecified atom stereocenters. The van der Waals surface area contributed by atoms with Crippen molar-refractivity contribution < 1.29 is 0 Å². The summed E-state index contributed by atoms with van der Waals surface area (Å²) in [5, 5.41) is 4.66. The van der Waals surface area contributed by atoms with E-state index in [1.807, 2.05) is 47.2 Å². The average Bonchev–Trinajstić information content (AvgIpc) is 3.26. The lowest BCUT2D eigenvalue weighted by atomic mass is 10.0. The SMILES string of the molecule is c1ccc(N/N=C(\Cn2ccnc2)c2ccc(-c3ccccc3)cc2)cc1. The Morgan fingerprint density at radius 2 is 1.48 bits per heavy atom. The Labute approximate surface area is 158 Å². The Balaban J connectivity index is 1.61. The van der Waals surface area contributed by atoms with E-state index in [1.165, 1.54) is 11.1 Å². The van der Waals surface area contributed by atoms with E-state index < -0.39 is 0 Å². The number of benzene rings is 3. The summed E-state index contributed by atoms with van der Waals surface area (Å²) in [6.07, 6.45) is 5.52. The number of hydrogen-bond donors (Lipinski definition) is 1. The summed E-state index contributed by atoms with van der Waals surface area (Å²) in [4.78, 5) is 4.13. The first-order valence-electron chi connectivity index (χ1n) is 8.88. The first-order chi connectivity index (χ1) is 13.4. The van der Waals surface area contributed by atoms with Crippen molar-refractivity contribution in [3.8, 4) is 11.1 Å². The molecule has 0 atom stereocenters. The quantitative estimate of drug-likeness (QED) is 0.389. The van der Waals surface area contributed by atoms with Gasteiger partial charge in [0.15, 0.2) is 0 Å². The zero-order chi connectivity index (χ0) is 18.3. The third-order valence-electron chi connectivity index (χ3n) is 4.31. The second kappa shape index (κ2) is 8.15. The Bertz CT molecular complexity index is 989. The smallest absolute Gasteiger partial charge is 0.0949 e. The number of nitrogens with one attached hydrogen (secondary N) is 1. The molecule has 3 aromatic carbocycles. The lowest BCUT2D eigenvalue weighted by Gasteiger charge is -2.10. The highest BCUT2D eigenvalue weighted by molar-refractivity contribution is 6.01. The number of rotatable bonds is 6. The third kappa shape index (κ3) is 4.30. The van der Waals surface area contributed by atoms with Crippen LogP contribution in [0.3, 0.4) is 0 Å². The molecular formula is C23H20N4. The van der Waals surface area contributed by atoms with E-state index in [0.717, 1.165) is 17.0 Å². The molecular weight excluding hydrogens is 332 g/mol.